The monoisotopic (exact) mass is 578 g/mol. The maximum Gasteiger partial charge on any atom is 0.416 e. The van der Waals surface area contributed by atoms with E-state index in [4.69, 9.17) is 4.74 Å². The highest BCUT2D eigenvalue weighted by molar-refractivity contribution is 7.99. The number of benzene rings is 1. The molecule has 2 aliphatic heterocycles. The summed E-state index contributed by atoms with van der Waals surface area (Å²) in [6.45, 7) is 5.58. The molecular formula is C29H38N8O3S. The molecule has 0 aliphatic carbocycles. The van der Waals surface area contributed by atoms with Crippen molar-refractivity contribution in [1.29, 1.82) is 0 Å². The highest BCUT2D eigenvalue weighted by Gasteiger charge is 2.25. The van der Waals surface area contributed by atoms with Crippen molar-refractivity contribution in [3.8, 4) is 5.88 Å². The average Bonchev–Trinajstić information content (AvgIpc) is 3.42. The Labute approximate surface area is 245 Å². The number of pyridine rings is 1. The van der Waals surface area contributed by atoms with Crippen molar-refractivity contribution in [3.05, 3.63) is 53.7 Å². The van der Waals surface area contributed by atoms with Crippen LogP contribution >= 0.6 is 11.8 Å². The number of aromatic nitrogens is 5. The lowest BCUT2D eigenvalue weighted by atomic mass is 9.99. The maximum absolute atomic E-state index is 12.8. The fourth-order valence-corrected chi connectivity index (χ4v) is 6.45. The van der Waals surface area contributed by atoms with Crippen LogP contribution in [0.5, 0.6) is 5.88 Å². The van der Waals surface area contributed by atoms with Gasteiger partial charge in [0.1, 0.15) is 0 Å². The van der Waals surface area contributed by atoms with Crippen LogP contribution in [0.4, 0.5) is 10.5 Å². The van der Waals surface area contributed by atoms with Gasteiger partial charge in [-0.2, -0.15) is 0 Å². The van der Waals surface area contributed by atoms with Crippen molar-refractivity contribution < 1.29 is 14.3 Å². The average molecular weight is 579 g/mol. The number of carbonyl (C=O) groups is 2. The third-order valence-electron chi connectivity index (χ3n) is 7.91. The number of carbonyl (C=O) groups excluding carboxylic acids is 2. The van der Waals surface area contributed by atoms with Crippen LogP contribution in [-0.2, 0) is 13.6 Å². The number of tetrazole rings is 1. The fraction of sp³-hybridized carbons (Fsp3) is 0.517. The summed E-state index contributed by atoms with van der Waals surface area (Å²) in [4.78, 5) is 33.9. The Balaban J connectivity index is 1.05. The lowest BCUT2D eigenvalue weighted by molar-refractivity contribution is 0.102. The summed E-state index contributed by atoms with van der Waals surface area (Å²) < 4.78 is 7.15. The van der Waals surface area contributed by atoms with E-state index in [1.807, 2.05) is 31.3 Å². The molecule has 1 aromatic carbocycles. The van der Waals surface area contributed by atoms with Gasteiger partial charge in [0.05, 0.1) is 11.9 Å². The van der Waals surface area contributed by atoms with Crippen molar-refractivity contribution in [2.45, 2.75) is 63.2 Å². The molecule has 2 aliphatic rings. The first-order valence-electron chi connectivity index (χ1n) is 14.4. The Morgan fingerprint density at radius 2 is 1.85 bits per heavy atom. The zero-order chi connectivity index (χ0) is 28.6. The predicted molar refractivity (Wildman–Crippen MR) is 157 cm³/mol. The van der Waals surface area contributed by atoms with Crippen molar-refractivity contribution in [1.82, 2.24) is 35.0 Å². The van der Waals surface area contributed by atoms with E-state index in [0.29, 0.717) is 36.3 Å². The van der Waals surface area contributed by atoms with Crippen molar-refractivity contribution in [2.75, 3.05) is 30.7 Å². The van der Waals surface area contributed by atoms with E-state index in [1.165, 1.54) is 37.4 Å². The van der Waals surface area contributed by atoms with Crippen LogP contribution in [0.15, 0.2) is 47.8 Å². The SMILES string of the molecule is CCC1CCCCN1Cc1ccc(C(=O)Nc2ccc(OC(=O)N3CCC(CSc4nnnn4C)CC3)nc2)cc1. The minimum Gasteiger partial charge on any atom is -0.391 e. The smallest absolute Gasteiger partial charge is 0.391 e. The van der Waals surface area contributed by atoms with Crippen LogP contribution in [0, 0.1) is 5.92 Å². The summed E-state index contributed by atoms with van der Waals surface area (Å²) in [6.07, 6.45) is 7.89. The molecule has 218 valence electrons. The first-order valence-corrected chi connectivity index (χ1v) is 15.4. The Morgan fingerprint density at radius 1 is 1.05 bits per heavy atom. The van der Waals surface area contributed by atoms with Crippen molar-refractivity contribution in [3.63, 3.8) is 0 Å². The first-order chi connectivity index (χ1) is 20.0. The molecule has 4 heterocycles. The Kier molecular flexibility index (Phi) is 9.84. The van der Waals surface area contributed by atoms with Crippen molar-refractivity contribution >= 4 is 29.4 Å². The van der Waals surface area contributed by atoms with Gasteiger partial charge in [-0.15, -0.1) is 5.10 Å². The summed E-state index contributed by atoms with van der Waals surface area (Å²) in [5.41, 5.74) is 2.34. The fourth-order valence-electron chi connectivity index (χ4n) is 5.42. The van der Waals surface area contributed by atoms with Gasteiger partial charge in [0.25, 0.3) is 5.91 Å². The molecule has 0 bridgehead atoms. The number of amides is 2. The number of anilines is 1. The van der Waals surface area contributed by atoms with Gasteiger partial charge < -0.3 is 15.0 Å². The summed E-state index contributed by atoms with van der Waals surface area (Å²) in [7, 11) is 1.83. The Bertz CT molecular complexity index is 1290. The number of piperidine rings is 2. The molecule has 0 saturated carbocycles. The Morgan fingerprint density at radius 3 is 2.54 bits per heavy atom. The van der Waals surface area contributed by atoms with Gasteiger partial charge in [-0.25, -0.2) is 14.5 Å². The third kappa shape index (κ3) is 7.82. The number of nitrogens with one attached hydrogen (secondary N) is 1. The number of aryl methyl sites for hydroxylation is 1. The standard InChI is InChI=1S/C29H38N8O3S/c1-3-25-6-4-5-15-37(25)19-21-7-9-23(10-8-21)27(38)31-24-11-12-26(30-18-24)40-29(39)36-16-13-22(14-17-36)20-41-28-32-33-34-35(28)2/h7-12,18,22,25H,3-6,13-17,19-20H2,1-2H3,(H,31,38). The molecule has 11 nitrogen and oxygen atoms in total. The van der Waals surface area contributed by atoms with E-state index < -0.39 is 6.09 Å². The second-order valence-corrected chi connectivity index (χ2v) is 11.7. The lowest BCUT2D eigenvalue weighted by Crippen LogP contribution is -2.40. The van der Waals surface area contributed by atoms with Crippen LogP contribution in [-0.4, -0.2) is 78.4 Å². The molecule has 0 spiro atoms. The second-order valence-electron chi connectivity index (χ2n) is 10.8. The minimum atomic E-state index is -0.409. The summed E-state index contributed by atoms with van der Waals surface area (Å²) in [5.74, 6) is 1.39. The molecule has 2 saturated heterocycles. The van der Waals surface area contributed by atoms with Crippen LogP contribution in [0.1, 0.15) is 61.4 Å². The molecule has 0 radical (unpaired) electrons. The zero-order valence-electron chi connectivity index (χ0n) is 23.7. The molecule has 2 aromatic heterocycles. The molecule has 5 rings (SSSR count). The van der Waals surface area contributed by atoms with Crippen molar-refractivity contribution in [2.24, 2.45) is 13.0 Å². The van der Waals surface area contributed by atoms with Gasteiger partial charge in [-0.1, -0.05) is 37.2 Å². The van der Waals surface area contributed by atoms with Crippen LogP contribution in [0.3, 0.4) is 0 Å². The van der Waals surface area contributed by atoms with Gasteiger partial charge >= 0.3 is 6.09 Å². The van der Waals surface area contributed by atoms with Crippen LogP contribution in [0.2, 0.25) is 0 Å². The second kappa shape index (κ2) is 13.9. The van der Waals surface area contributed by atoms with E-state index in [2.05, 4.69) is 37.6 Å². The van der Waals surface area contributed by atoms with E-state index >= 15 is 0 Å². The molecule has 12 heteroatoms. The van der Waals surface area contributed by atoms with Crippen LogP contribution < -0.4 is 10.1 Å². The zero-order valence-corrected chi connectivity index (χ0v) is 24.6. The lowest BCUT2D eigenvalue weighted by Gasteiger charge is -2.35. The minimum absolute atomic E-state index is 0.202. The van der Waals surface area contributed by atoms with E-state index in [1.54, 1.807) is 33.5 Å². The highest BCUT2D eigenvalue weighted by atomic mass is 32.2. The molecule has 41 heavy (non-hydrogen) atoms. The maximum atomic E-state index is 12.8. The number of rotatable bonds is 9. The van der Waals surface area contributed by atoms with E-state index in [-0.39, 0.29) is 11.8 Å². The molecular weight excluding hydrogens is 540 g/mol. The van der Waals surface area contributed by atoms with Gasteiger partial charge in [0, 0.05) is 50.1 Å². The van der Waals surface area contributed by atoms with Gasteiger partial charge in [-0.05, 0) is 78.8 Å². The molecule has 1 N–H and O–H groups in total. The molecule has 2 fully saturated rings. The normalized spacial score (nSPS) is 18.3. The first kappa shape index (κ1) is 29.0. The molecule has 1 unspecified atom stereocenters. The number of thioether (sulfide) groups is 1. The molecule has 2 amide bonds. The number of ether oxygens (including phenoxy) is 1. The largest absolute Gasteiger partial charge is 0.416 e. The summed E-state index contributed by atoms with van der Waals surface area (Å²) in [5, 5.41) is 15.2. The van der Waals surface area contributed by atoms with E-state index in [9.17, 15) is 9.59 Å². The number of hydrogen-bond acceptors (Lipinski definition) is 9. The highest BCUT2D eigenvalue weighted by Crippen LogP contribution is 2.26. The topological polar surface area (TPSA) is 118 Å². The predicted octanol–water partition coefficient (Wildman–Crippen LogP) is 4.63. The summed E-state index contributed by atoms with van der Waals surface area (Å²) in [6, 6.07) is 11.7. The van der Waals surface area contributed by atoms with Gasteiger partial charge in [0.2, 0.25) is 11.0 Å². The number of likely N-dealkylation sites (tertiary alicyclic amines) is 2. The Hall–Kier alpha value is -3.51. The molecule has 1 atom stereocenters. The van der Waals surface area contributed by atoms with Gasteiger partial charge in [-0.3, -0.25) is 9.69 Å². The quantitative estimate of drug-likeness (QED) is 0.363. The van der Waals surface area contributed by atoms with Crippen LogP contribution in [0.25, 0.3) is 0 Å². The number of nitrogens with zero attached hydrogens (tertiary/aromatic N) is 7. The molecule has 3 aromatic rings. The number of hydrogen-bond donors (Lipinski definition) is 1. The summed E-state index contributed by atoms with van der Waals surface area (Å²) >= 11 is 1.63. The van der Waals surface area contributed by atoms with Gasteiger partial charge in [0.15, 0.2) is 0 Å². The van der Waals surface area contributed by atoms with E-state index in [0.717, 1.165) is 36.8 Å². The third-order valence-corrected chi connectivity index (χ3v) is 9.15.